The van der Waals surface area contributed by atoms with Crippen LogP contribution in [0.5, 0.6) is 0 Å². The first-order valence-corrected chi connectivity index (χ1v) is 11.0. The topological polar surface area (TPSA) is 76.0 Å². The minimum Gasteiger partial charge on any atom is -0.370 e. The van der Waals surface area contributed by atoms with E-state index in [-0.39, 0.29) is 11.8 Å². The van der Waals surface area contributed by atoms with Crippen LogP contribution in [0.4, 0.5) is 5.82 Å². The third-order valence-electron chi connectivity index (χ3n) is 5.09. The van der Waals surface area contributed by atoms with Crippen molar-refractivity contribution >= 4 is 15.8 Å². The highest BCUT2D eigenvalue weighted by molar-refractivity contribution is 7.89. The second-order valence-electron chi connectivity index (χ2n) is 7.02. The Morgan fingerprint density at radius 2 is 1.85 bits per heavy atom. The highest BCUT2D eigenvalue weighted by atomic mass is 32.2. The molecule has 0 saturated heterocycles. The summed E-state index contributed by atoms with van der Waals surface area (Å²) in [6, 6.07) is 12.3. The van der Waals surface area contributed by atoms with Crippen LogP contribution in [0.1, 0.15) is 32.6 Å². The van der Waals surface area contributed by atoms with Crippen LogP contribution in [-0.4, -0.2) is 36.5 Å². The number of hydrogen-bond donors (Lipinski definition) is 2. The minimum absolute atomic E-state index is 0.0950. The summed E-state index contributed by atoms with van der Waals surface area (Å²) in [7, 11) is -1.15. The number of nitrogens with zero attached hydrogens (tertiary/aromatic N) is 2. The zero-order valence-corrected chi connectivity index (χ0v) is 16.3. The molecule has 1 aromatic heterocycles. The maximum atomic E-state index is 11.7. The van der Waals surface area contributed by atoms with Crippen molar-refractivity contribution in [2.75, 3.05) is 17.6 Å². The van der Waals surface area contributed by atoms with Gasteiger partial charge in [0, 0.05) is 31.3 Å². The quantitative estimate of drug-likeness (QED) is 0.779. The predicted molar refractivity (Wildman–Crippen MR) is 105 cm³/mol. The highest BCUT2D eigenvalue weighted by Gasteiger charge is 2.24. The largest absolute Gasteiger partial charge is 0.370 e. The fourth-order valence-corrected chi connectivity index (χ4v) is 4.36. The van der Waals surface area contributed by atoms with Crippen molar-refractivity contribution in [3.8, 4) is 11.3 Å². The van der Waals surface area contributed by atoms with E-state index < -0.39 is 10.0 Å². The van der Waals surface area contributed by atoms with E-state index in [9.17, 15) is 8.42 Å². The van der Waals surface area contributed by atoms with Crippen LogP contribution in [0.3, 0.4) is 0 Å². The summed E-state index contributed by atoms with van der Waals surface area (Å²) in [5, 5.41) is 8.09. The molecule has 1 saturated carbocycles. The molecule has 1 heterocycles. The number of benzene rings is 1. The SMILES string of the molecule is CCS(=O)(=O)N[C@H]1CC[C@H](CNc2cc(-c3ccccc3)nn2C)CC1. The molecular formula is C19H28N4O2S. The number of aromatic nitrogens is 2. The smallest absolute Gasteiger partial charge is 0.211 e. The first-order chi connectivity index (χ1) is 12.5. The van der Waals surface area contributed by atoms with Gasteiger partial charge in [-0.3, -0.25) is 4.68 Å². The molecular weight excluding hydrogens is 348 g/mol. The fourth-order valence-electron chi connectivity index (χ4n) is 3.45. The van der Waals surface area contributed by atoms with Crippen LogP contribution in [0.15, 0.2) is 36.4 Å². The number of rotatable bonds is 7. The summed E-state index contributed by atoms with van der Waals surface area (Å²) in [4.78, 5) is 0. The van der Waals surface area contributed by atoms with Gasteiger partial charge in [0.05, 0.1) is 11.4 Å². The second kappa shape index (κ2) is 8.22. The van der Waals surface area contributed by atoms with Crippen LogP contribution in [0.25, 0.3) is 11.3 Å². The number of hydrogen-bond acceptors (Lipinski definition) is 4. The molecule has 2 N–H and O–H groups in total. The highest BCUT2D eigenvalue weighted by Crippen LogP contribution is 2.26. The van der Waals surface area contributed by atoms with Crippen molar-refractivity contribution in [3.63, 3.8) is 0 Å². The lowest BCUT2D eigenvalue weighted by Crippen LogP contribution is -2.39. The molecule has 3 rings (SSSR count). The zero-order chi connectivity index (χ0) is 18.6. The Balaban J connectivity index is 1.51. The fraction of sp³-hybridized carbons (Fsp3) is 0.526. The molecule has 0 atom stereocenters. The summed E-state index contributed by atoms with van der Waals surface area (Å²) in [5.41, 5.74) is 2.08. The van der Waals surface area contributed by atoms with E-state index in [1.807, 2.05) is 29.9 Å². The standard InChI is InChI=1S/C19H28N4O2S/c1-3-26(24,25)22-17-11-9-15(10-12-17)14-20-19-13-18(21-23(19)2)16-7-5-4-6-8-16/h4-8,13,15,17,20,22H,3,9-12,14H2,1-2H3/t15-,17-. The summed E-state index contributed by atoms with van der Waals surface area (Å²) in [6.45, 7) is 2.57. The van der Waals surface area contributed by atoms with Gasteiger partial charge in [-0.15, -0.1) is 0 Å². The van der Waals surface area contributed by atoms with Crippen molar-refractivity contribution in [2.24, 2.45) is 13.0 Å². The van der Waals surface area contributed by atoms with Gasteiger partial charge in [0.1, 0.15) is 5.82 Å². The summed E-state index contributed by atoms with van der Waals surface area (Å²) >= 11 is 0. The van der Waals surface area contributed by atoms with Gasteiger partial charge in [-0.25, -0.2) is 13.1 Å². The molecule has 142 valence electrons. The monoisotopic (exact) mass is 376 g/mol. The van der Waals surface area contributed by atoms with Gasteiger partial charge in [0.15, 0.2) is 0 Å². The van der Waals surface area contributed by atoms with E-state index in [2.05, 4.69) is 33.3 Å². The first kappa shape index (κ1) is 18.9. The Labute approximate surface area is 156 Å². The lowest BCUT2D eigenvalue weighted by molar-refractivity contribution is 0.323. The zero-order valence-electron chi connectivity index (χ0n) is 15.5. The van der Waals surface area contributed by atoms with Crippen molar-refractivity contribution in [3.05, 3.63) is 36.4 Å². The lowest BCUT2D eigenvalue weighted by atomic mass is 9.86. The molecule has 0 radical (unpaired) electrons. The summed E-state index contributed by atoms with van der Waals surface area (Å²) in [6.07, 6.45) is 3.89. The van der Waals surface area contributed by atoms with Crippen molar-refractivity contribution < 1.29 is 8.42 Å². The molecule has 2 aromatic rings. The number of nitrogens with one attached hydrogen (secondary N) is 2. The normalized spacial score (nSPS) is 20.8. The van der Waals surface area contributed by atoms with Crippen LogP contribution >= 0.6 is 0 Å². The van der Waals surface area contributed by atoms with Crippen molar-refractivity contribution in [2.45, 2.75) is 38.6 Å². The lowest BCUT2D eigenvalue weighted by Gasteiger charge is -2.29. The van der Waals surface area contributed by atoms with Gasteiger partial charge in [-0.2, -0.15) is 5.10 Å². The third-order valence-corrected chi connectivity index (χ3v) is 6.55. The molecule has 6 nitrogen and oxygen atoms in total. The number of anilines is 1. The molecule has 1 aromatic carbocycles. The molecule has 0 unspecified atom stereocenters. The van der Waals surface area contributed by atoms with Crippen LogP contribution in [0, 0.1) is 5.92 Å². The van der Waals surface area contributed by atoms with Gasteiger partial charge in [-0.05, 0) is 38.5 Å². The number of sulfonamides is 1. The molecule has 1 fully saturated rings. The van der Waals surface area contributed by atoms with Crippen LogP contribution in [-0.2, 0) is 17.1 Å². The molecule has 1 aliphatic rings. The van der Waals surface area contributed by atoms with Crippen LogP contribution < -0.4 is 10.0 Å². The molecule has 7 heteroatoms. The van der Waals surface area contributed by atoms with E-state index >= 15 is 0 Å². The molecule has 0 aliphatic heterocycles. The predicted octanol–water partition coefficient (Wildman–Crippen LogP) is 3.00. The average Bonchev–Trinajstić information content (AvgIpc) is 3.02. The van der Waals surface area contributed by atoms with E-state index in [0.717, 1.165) is 49.3 Å². The van der Waals surface area contributed by atoms with Gasteiger partial charge in [-0.1, -0.05) is 30.3 Å². The van der Waals surface area contributed by atoms with E-state index in [1.165, 1.54) is 0 Å². The Morgan fingerprint density at radius 1 is 1.15 bits per heavy atom. The summed E-state index contributed by atoms with van der Waals surface area (Å²) in [5.74, 6) is 1.73. The summed E-state index contributed by atoms with van der Waals surface area (Å²) < 4.78 is 28.1. The van der Waals surface area contributed by atoms with Crippen molar-refractivity contribution in [1.82, 2.24) is 14.5 Å². The Kier molecular flexibility index (Phi) is 5.98. The van der Waals surface area contributed by atoms with Gasteiger partial charge < -0.3 is 5.32 Å². The van der Waals surface area contributed by atoms with E-state index in [1.54, 1.807) is 6.92 Å². The van der Waals surface area contributed by atoms with E-state index in [0.29, 0.717) is 5.92 Å². The molecule has 0 spiro atoms. The Morgan fingerprint density at radius 3 is 2.50 bits per heavy atom. The molecule has 0 amide bonds. The van der Waals surface area contributed by atoms with Gasteiger partial charge in [0.2, 0.25) is 10.0 Å². The van der Waals surface area contributed by atoms with Crippen molar-refractivity contribution in [1.29, 1.82) is 0 Å². The molecule has 0 bridgehead atoms. The maximum Gasteiger partial charge on any atom is 0.211 e. The maximum absolute atomic E-state index is 11.7. The Hall–Kier alpha value is -1.86. The van der Waals surface area contributed by atoms with E-state index in [4.69, 9.17) is 0 Å². The van der Waals surface area contributed by atoms with Gasteiger partial charge >= 0.3 is 0 Å². The Bertz CT molecular complexity index is 809. The molecule has 26 heavy (non-hydrogen) atoms. The minimum atomic E-state index is -3.10. The average molecular weight is 377 g/mol. The first-order valence-electron chi connectivity index (χ1n) is 9.30. The second-order valence-corrected chi connectivity index (χ2v) is 9.07. The van der Waals surface area contributed by atoms with Crippen LogP contribution in [0.2, 0.25) is 0 Å². The van der Waals surface area contributed by atoms with Gasteiger partial charge in [0.25, 0.3) is 0 Å². The molecule has 1 aliphatic carbocycles. The number of aryl methyl sites for hydroxylation is 1. The third kappa shape index (κ3) is 4.86.